The number of nitrogens with one attached hydrogen (secondary N) is 3. The number of carbonyl (C=O) groups is 3. The largest absolute Gasteiger partial charge is 0.369 e. The molecule has 1 unspecified atom stereocenters. The molecule has 0 saturated carbocycles. The van der Waals surface area contributed by atoms with Crippen LogP contribution in [0.25, 0.3) is 17.0 Å². The van der Waals surface area contributed by atoms with Gasteiger partial charge in [0.25, 0.3) is 0 Å². The van der Waals surface area contributed by atoms with Gasteiger partial charge in [0.1, 0.15) is 6.04 Å². The van der Waals surface area contributed by atoms with Gasteiger partial charge in [0, 0.05) is 30.1 Å². The molecule has 0 aliphatic rings. The maximum atomic E-state index is 13.9. The van der Waals surface area contributed by atoms with E-state index in [1.54, 1.807) is 0 Å². The number of nitrogens with two attached hydrogens (primary N) is 1. The molecule has 3 amide bonds. The lowest BCUT2D eigenvalue weighted by Gasteiger charge is -2.27. The molecule has 4 aromatic rings. The first-order valence-electron chi connectivity index (χ1n) is 15.0. The number of H-pyrrole nitrogens is 1. The molecular weight excluding hydrogens is 536 g/mol. The van der Waals surface area contributed by atoms with E-state index in [0.29, 0.717) is 32.2 Å². The number of primary amides is 1. The fourth-order valence-electron chi connectivity index (χ4n) is 5.46. The highest BCUT2D eigenvalue weighted by Crippen LogP contribution is 2.26. The molecule has 224 valence electrons. The monoisotopic (exact) mass is 578 g/mol. The number of hydrogen-bond acceptors (Lipinski definition) is 3. The minimum atomic E-state index is -0.828. The summed E-state index contributed by atoms with van der Waals surface area (Å²) in [5.74, 6) is -2.38. The minimum Gasteiger partial charge on any atom is -0.369 e. The van der Waals surface area contributed by atoms with Crippen molar-refractivity contribution in [3.63, 3.8) is 0 Å². The predicted molar refractivity (Wildman–Crippen MR) is 173 cm³/mol. The van der Waals surface area contributed by atoms with Crippen LogP contribution in [0.2, 0.25) is 0 Å². The van der Waals surface area contributed by atoms with Gasteiger partial charge in [-0.1, -0.05) is 105 Å². The smallest absolute Gasteiger partial charge is 0.242 e. The van der Waals surface area contributed by atoms with Crippen molar-refractivity contribution in [2.24, 2.45) is 23.5 Å². The number of carbonyl (C=O) groups excluding carboxylic acids is 3. The Morgan fingerprint density at radius 3 is 2.23 bits per heavy atom. The number of fused-ring (bicyclic) bond motifs is 1. The zero-order chi connectivity index (χ0) is 30.6. The Hall–Kier alpha value is -4.65. The fraction of sp³-hybridized carbons (Fsp3) is 0.306. The van der Waals surface area contributed by atoms with E-state index in [4.69, 9.17) is 5.73 Å². The molecule has 7 heteroatoms. The van der Waals surface area contributed by atoms with Crippen LogP contribution < -0.4 is 16.4 Å². The second-order valence-corrected chi connectivity index (χ2v) is 11.4. The Kier molecular flexibility index (Phi) is 11.3. The number of para-hydroxylation sites is 1. The van der Waals surface area contributed by atoms with Crippen molar-refractivity contribution in [3.8, 4) is 0 Å². The van der Waals surface area contributed by atoms with Gasteiger partial charge in [-0.3, -0.25) is 14.4 Å². The normalized spacial score (nSPS) is 13.6. The Balaban J connectivity index is 1.53. The second kappa shape index (κ2) is 15.5. The fourth-order valence-corrected chi connectivity index (χ4v) is 5.46. The van der Waals surface area contributed by atoms with Crippen LogP contribution in [-0.2, 0) is 27.2 Å². The first kappa shape index (κ1) is 31.3. The molecule has 0 saturated heterocycles. The molecule has 0 radical (unpaired) electrons. The topological polar surface area (TPSA) is 117 Å². The van der Waals surface area contributed by atoms with Gasteiger partial charge < -0.3 is 21.4 Å². The highest BCUT2D eigenvalue weighted by Gasteiger charge is 2.34. The van der Waals surface area contributed by atoms with E-state index in [1.165, 1.54) is 0 Å². The molecule has 43 heavy (non-hydrogen) atoms. The molecule has 1 heterocycles. The molecular formula is C36H42N4O3. The van der Waals surface area contributed by atoms with Gasteiger partial charge in [-0.05, 0) is 47.9 Å². The quantitative estimate of drug-likeness (QED) is 0.151. The van der Waals surface area contributed by atoms with E-state index in [2.05, 4.69) is 15.6 Å². The van der Waals surface area contributed by atoms with E-state index in [-0.39, 0.29) is 17.7 Å². The third-order valence-corrected chi connectivity index (χ3v) is 7.70. The highest BCUT2D eigenvalue weighted by atomic mass is 16.2. The van der Waals surface area contributed by atoms with Crippen molar-refractivity contribution >= 4 is 34.7 Å². The summed E-state index contributed by atoms with van der Waals surface area (Å²) in [5, 5.41) is 7.03. The summed E-state index contributed by atoms with van der Waals surface area (Å²) in [4.78, 5) is 43.4. The van der Waals surface area contributed by atoms with Crippen LogP contribution in [0.4, 0.5) is 0 Å². The van der Waals surface area contributed by atoms with Crippen molar-refractivity contribution in [1.82, 2.24) is 15.6 Å². The first-order valence-corrected chi connectivity index (χ1v) is 15.0. The number of aromatic amines is 1. The standard InChI is InChI=1S/C36H42N4O3/c1-25(2)22-31(30(34(37)41)18-11-16-26-12-5-3-6-13-26)35(42)40-33(23-28-24-39-32-19-10-9-17-29(28)32)36(43)38-21-20-27-14-7-4-8-15-27/h3-17,19,24-25,30-31,33,39H,18,20-23H2,1-2H3,(H2,37,41)(H,38,43)(H,40,42)/b16-11+/t30-,31?,33-/m0/s1. The lowest BCUT2D eigenvalue weighted by molar-refractivity contribution is -0.136. The molecule has 5 N–H and O–H groups in total. The van der Waals surface area contributed by atoms with Crippen LogP contribution in [0.5, 0.6) is 0 Å². The summed E-state index contributed by atoms with van der Waals surface area (Å²) >= 11 is 0. The SMILES string of the molecule is CC(C)CC(C(=O)N[C@@H](Cc1c[nH]c2ccccc12)C(=O)NCCc1ccccc1)[C@H](C/C=C/c1ccccc1)C(N)=O. The van der Waals surface area contributed by atoms with Gasteiger partial charge in [-0.2, -0.15) is 0 Å². The zero-order valence-electron chi connectivity index (χ0n) is 25.0. The molecule has 1 aromatic heterocycles. The Bertz CT molecular complexity index is 1510. The summed E-state index contributed by atoms with van der Waals surface area (Å²) in [6, 6.07) is 26.7. The number of aromatic nitrogens is 1. The number of rotatable bonds is 15. The van der Waals surface area contributed by atoms with E-state index in [1.807, 2.05) is 117 Å². The number of amides is 3. The summed E-state index contributed by atoms with van der Waals surface area (Å²) in [5.41, 5.74) is 9.88. The van der Waals surface area contributed by atoms with Gasteiger partial charge in [0.2, 0.25) is 17.7 Å². The Labute approximate surface area is 254 Å². The van der Waals surface area contributed by atoms with Crippen LogP contribution in [0.1, 0.15) is 43.4 Å². The second-order valence-electron chi connectivity index (χ2n) is 11.4. The van der Waals surface area contributed by atoms with Gasteiger partial charge >= 0.3 is 0 Å². The van der Waals surface area contributed by atoms with Gasteiger partial charge in [0.05, 0.1) is 11.8 Å². The lowest BCUT2D eigenvalue weighted by Crippen LogP contribution is -2.51. The van der Waals surface area contributed by atoms with Crippen LogP contribution in [0.15, 0.2) is 97.2 Å². The summed E-state index contributed by atoms with van der Waals surface area (Å²) < 4.78 is 0. The first-order chi connectivity index (χ1) is 20.8. The van der Waals surface area contributed by atoms with Gasteiger partial charge in [0.15, 0.2) is 0 Å². The Morgan fingerprint density at radius 1 is 0.860 bits per heavy atom. The molecule has 4 rings (SSSR count). The van der Waals surface area contributed by atoms with E-state index < -0.39 is 23.8 Å². The minimum absolute atomic E-state index is 0.141. The Morgan fingerprint density at radius 2 is 1.53 bits per heavy atom. The third-order valence-electron chi connectivity index (χ3n) is 7.70. The molecule has 3 aromatic carbocycles. The molecule has 3 atom stereocenters. The molecule has 0 aliphatic heterocycles. The van der Waals surface area contributed by atoms with Crippen molar-refractivity contribution in [1.29, 1.82) is 0 Å². The van der Waals surface area contributed by atoms with Crippen LogP contribution >= 0.6 is 0 Å². The maximum Gasteiger partial charge on any atom is 0.242 e. The number of allylic oxidation sites excluding steroid dienone is 1. The van der Waals surface area contributed by atoms with E-state index >= 15 is 0 Å². The maximum absolute atomic E-state index is 13.9. The molecule has 0 bridgehead atoms. The highest BCUT2D eigenvalue weighted by molar-refractivity contribution is 5.92. The van der Waals surface area contributed by atoms with Gasteiger partial charge in [-0.25, -0.2) is 0 Å². The van der Waals surface area contributed by atoms with Crippen molar-refractivity contribution in [2.45, 2.75) is 45.6 Å². The predicted octanol–water partition coefficient (Wildman–Crippen LogP) is 5.42. The number of benzene rings is 3. The lowest BCUT2D eigenvalue weighted by atomic mass is 9.81. The molecule has 0 spiro atoms. The summed E-state index contributed by atoms with van der Waals surface area (Å²) in [7, 11) is 0. The zero-order valence-corrected chi connectivity index (χ0v) is 25.0. The van der Waals surface area contributed by atoms with Crippen molar-refractivity contribution < 1.29 is 14.4 Å². The van der Waals surface area contributed by atoms with E-state index in [0.717, 1.165) is 27.6 Å². The van der Waals surface area contributed by atoms with Crippen LogP contribution in [0, 0.1) is 17.8 Å². The molecule has 0 fully saturated rings. The van der Waals surface area contributed by atoms with Crippen molar-refractivity contribution in [2.75, 3.05) is 6.54 Å². The summed E-state index contributed by atoms with van der Waals surface area (Å²) in [6.45, 7) is 4.46. The molecule has 0 aliphatic carbocycles. The van der Waals surface area contributed by atoms with Crippen molar-refractivity contribution in [3.05, 3.63) is 114 Å². The summed E-state index contributed by atoms with van der Waals surface area (Å²) in [6.07, 6.45) is 7.47. The van der Waals surface area contributed by atoms with E-state index in [9.17, 15) is 14.4 Å². The number of hydrogen-bond donors (Lipinski definition) is 4. The third kappa shape index (κ3) is 9.17. The molecule has 7 nitrogen and oxygen atoms in total. The van der Waals surface area contributed by atoms with Crippen LogP contribution in [-0.4, -0.2) is 35.3 Å². The van der Waals surface area contributed by atoms with Crippen LogP contribution in [0.3, 0.4) is 0 Å². The average molecular weight is 579 g/mol. The average Bonchev–Trinajstić information content (AvgIpc) is 3.41. The van der Waals surface area contributed by atoms with Gasteiger partial charge in [-0.15, -0.1) is 0 Å².